The topological polar surface area (TPSA) is 80.8 Å². The predicted molar refractivity (Wildman–Crippen MR) is 123 cm³/mol. The molecule has 2 amide bonds. The lowest BCUT2D eigenvalue weighted by molar-refractivity contribution is -0.132. The van der Waals surface area contributed by atoms with Gasteiger partial charge in [-0.3, -0.25) is 19.2 Å². The van der Waals surface area contributed by atoms with Crippen LogP contribution in [0.25, 0.3) is 0 Å². The predicted octanol–water partition coefficient (Wildman–Crippen LogP) is 3.75. The minimum atomic E-state index is -1.22. The third kappa shape index (κ3) is 2.40. The molecule has 168 valence electrons. The van der Waals surface area contributed by atoms with E-state index in [9.17, 15) is 19.2 Å². The molecule has 6 nitrogen and oxygen atoms in total. The van der Waals surface area contributed by atoms with E-state index in [0.717, 1.165) is 22.3 Å². The summed E-state index contributed by atoms with van der Waals surface area (Å²) in [6.07, 6.45) is 0. The molecule has 6 heteroatoms. The monoisotopic (exact) mass is 451 g/mol. The van der Waals surface area contributed by atoms with Gasteiger partial charge in [0.2, 0.25) is 11.8 Å². The molecule has 2 bridgehead atoms. The fraction of sp³-hybridized carbons (Fsp3) is 0.214. The number of carbonyl (C=O) groups is 4. The second-order valence-electron chi connectivity index (χ2n) is 9.12. The third-order valence-electron chi connectivity index (χ3n) is 7.53. The highest BCUT2D eigenvalue weighted by Crippen LogP contribution is 2.64. The highest BCUT2D eigenvalue weighted by atomic mass is 16.5. The number of hydrogen-bond donors (Lipinski definition) is 0. The van der Waals surface area contributed by atoms with Crippen molar-refractivity contribution in [2.45, 2.75) is 25.2 Å². The maximum absolute atomic E-state index is 14.0. The second-order valence-corrected chi connectivity index (χ2v) is 9.12. The lowest BCUT2D eigenvalue weighted by Gasteiger charge is -2.52. The Balaban J connectivity index is 1.56. The van der Waals surface area contributed by atoms with E-state index in [4.69, 9.17) is 4.74 Å². The van der Waals surface area contributed by atoms with E-state index >= 15 is 0 Å². The number of carbonyl (C=O) groups excluding carboxylic acids is 4. The number of rotatable bonds is 3. The van der Waals surface area contributed by atoms with Crippen LogP contribution in [0.5, 0.6) is 5.75 Å². The Morgan fingerprint density at radius 3 is 1.88 bits per heavy atom. The van der Waals surface area contributed by atoms with Crippen molar-refractivity contribution < 1.29 is 23.9 Å². The minimum Gasteiger partial charge on any atom is -0.427 e. The minimum absolute atomic E-state index is 0.145. The number of imide groups is 1. The smallest absolute Gasteiger partial charge is 0.308 e. The van der Waals surface area contributed by atoms with E-state index in [1.165, 1.54) is 18.7 Å². The number of benzene rings is 3. The van der Waals surface area contributed by atoms with Crippen molar-refractivity contribution in [2.75, 3.05) is 4.90 Å². The summed E-state index contributed by atoms with van der Waals surface area (Å²) < 4.78 is 5.08. The molecule has 1 heterocycles. The van der Waals surface area contributed by atoms with E-state index in [-0.39, 0.29) is 23.5 Å². The summed E-state index contributed by atoms with van der Waals surface area (Å²) in [7, 11) is 0. The largest absolute Gasteiger partial charge is 0.427 e. The molecule has 1 fully saturated rings. The van der Waals surface area contributed by atoms with Crippen LogP contribution in [0.3, 0.4) is 0 Å². The molecule has 3 aromatic rings. The molecule has 1 saturated heterocycles. The van der Waals surface area contributed by atoms with Crippen molar-refractivity contribution in [1.29, 1.82) is 0 Å². The van der Waals surface area contributed by atoms with Crippen LogP contribution in [0.1, 0.15) is 42.0 Å². The first-order valence-corrected chi connectivity index (χ1v) is 11.2. The van der Waals surface area contributed by atoms with E-state index in [1.54, 1.807) is 24.3 Å². The molecule has 3 aliphatic carbocycles. The zero-order chi connectivity index (χ0) is 23.8. The van der Waals surface area contributed by atoms with Gasteiger partial charge in [-0.15, -0.1) is 0 Å². The fourth-order valence-electron chi connectivity index (χ4n) is 6.45. The molecular weight excluding hydrogens is 430 g/mol. The molecule has 1 aliphatic heterocycles. The number of ketones is 1. The normalized spacial score (nSPS) is 26.1. The SMILES string of the molecule is CC(=O)Oc1ccc(N2C(=O)[C@@H]3[C@@H](C2=O)C2c4ccccc4C3(C(C)=O)c3ccccc32)cc1. The van der Waals surface area contributed by atoms with E-state index < -0.39 is 23.2 Å². The first-order chi connectivity index (χ1) is 16.4. The molecule has 0 spiro atoms. The molecule has 2 atom stereocenters. The summed E-state index contributed by atoms with van der Waals surface area (Å²) >= 11 is 0. The highest BCUT2D eigenvalue weighted by molar-refractivity contribution is 6.25. The van der Waals surface area contributed by atoms with Gasteiger partial charge in [-0.25, -0.2) is 4.90 Å². The quantitative estimate of drug-likeness (QED) is 0.344. The molecule has 34 heavy (non-hydrogen) atoms. The summed E-state index contributed by atoms with van der Waals surface area (Å²) in [6, 6.07) is 21.7. The number of hydrogen-bond acceptors (Lipinski definition) is 5. The third-order valence-corrected chi connectivity index (χ3v) is 7.53. The van der Waals surface area contributed by atoms with Crippen LogP contribution in [0, 0.1) is 11.8 Å². The molecule has 0 saturated carbocycles. The summed E-state index contributed by atoms with van der Waals surface area (Å²) in [6.45, 7) is 2.82. The Labute approximate surface area is 196 Å². The maximum atomic E-state index is 14.0. The van der Waals surface area contributed by atoms with Gasteiger partial charge in [0.1, 0.15) is 11.5 Å². The van der Waals surface area contributed by atoms with Crippen LogP contribution in [-0.2, 0) is 24.6 Å². The zero-order valence-electron chi connectivity index (χ0n) is 18.6. The van der Waals surface area contributed by atoms with Crippen molar-refractivity contribution in [3.05, 3.63) is 95.1 Å². The average Bonchev–Trinajstić information content (AvgIpc) is 3.10. The Kier molecular flexibility index (Phi) is 4.21. The van der Waals surface area contributed by atoms with Crippen LogP contribution in [0.2, 0.25) is 0 Å². The maximum Gasteiger partial charge on any atom is 0.308 e. The molecule has 0 radical (unpaired) electrons. The first-order valence-electron chi connectivity index (χ1n) is 11.2. The lowest BCUT2D eigenvalue weighted by atomic mass is 9.46. The number of esters is 1. The van der Waals surface area contributed by atoms with Gasteiger partial charge in [0.05, 0.1) is 22.9 Å². The molecular formula is C28H21NO5. The lowest BCUT2D eigenvalue weighted by Crippen LogP contribution is -2.57. The van der Waals surface area contributed by atoms with Crippen molar-refractivity contribution in [2.24, 2.45) is 11.8 Å². The van der Waals surface area contributed by atoms with E-state index in [2.05, 4.69) is 0 Å². The van der Waals surface area contributed by atoms with Crippen molar-refractivity contribution >= 4 is 29.3 Å². The van der Waals surface area contributed by atoms with Gasteiger partial charge in [0.15, 0.2) is 0 Å². The number of amides is 2. The van der Waals surface area contributed by atoms with Crippen LogP contribution >= 0.6 is 0 Å². The Morgan fingerprint density at radius 1 is 0.794 bits per heavy atom. The first kappa shape index (κ1) is 20.5. The molecule has 7 rings (SSSR count). The Morgan fingerprint density at radius 2 is 1.35 bits per heavy atom. The van der Waals surface area contributed by atoms with Crippen LogP contribution in [-0.4, -0.2) is 23.6 Å². The number of ether oxygens (including phenoxy) is 1. The van der Waals surface area contributed by atoms with Crippen molar-refractivity contribution in [3.8, 4) is 5.75 Å². The van der Waals surface area contributed by atoms with Crippen LogP contribution in [0.15, 0.2) is 72.8 Å². The van der Waals surface area contributed by atoms with Gasteiger partial charge in [-0.05, 0) is 53.4 Å². The molecule has 0 unspecified atom stereocenters. The number of anilines is 1. The molecule has 0 aromatic heterocycles. The Hall–Kier alpha value is -4.06. The van der Waals surface area contributed by atoms with Gasteiger partial charge in [-0.2, -0.15) is 0 Å². The fourth-order valence-corrected chi connectivity index (χ4v) is 6.45. The van der Waals surface area contributed by atoms with Crippen LogP contribution in [0.4, 0.5) is 5.69 Å². The van der Waals surface area contributed by atoms with Crippen molar-refractivity contribution in [1.82, 2.24) is 0 Å². The van der Waals surface area contributed by atoms with Gasteiger partial charge >= 0.3 is 5.97 Å². The standard InChI is InChI=1S/C28H21NO5/c1-15(30)28-21-9-5-3-7-19(21)23(20-8-4-6-10-22(20)28)24-25(28)27(33)29(26(24)32)17-11-13-18(14-12-17)34-16(2)31/h3-14,23-25H,1-2H3/t23?,24-,25-,28?/m0/s1. The van der Waals surface area contributed by atoms with Gasteiger partial charge in [0, 0.05) is 12.8 Å². The summed E-state index contributed by atoms with van der Waals surface area (Å²) in [5, 5.41) is 0. The van der Waals surface area contributed by atoms with Gasteiger partial charge in [0.25, 0.3) is 0 Å². The molecule has 4 aliphatic rings. The number of Topliss-reactive ketones (excluding diaryl/α,β-unsaturated/α-hetero) is 1. The number of nitrogens with zero attached hydrogens (tertiary/aromatic N) is 1. The second kappa shape index (κ2) is 6.97. The summed E-state index contributed by atoms with van der Waals surface area (Å²) in [5.74, 6) is -2.76. The average molecular weight is 451 g/mol. The van der Waals surface area contributed by atoms with Gasteiger partial charge < -0.3 is 4.74 Å². The molecule has 3 aromatic carbocycles. The van der Waals surface area contributed by atoms with Crippen LogP contribution < -0.4 is 9.64 Å². The Bertz CT molecular complexity index is 1360. The summed E-state index contributed by atoms with van der Waals surface area (Å²) in [5.41, 5.74) is 2.69. The highest BCUT2D eigenvalue weighted by Gasteiger charge is 2.69. The van der Waals surface area contributed by atoms with Gasteiger partial charge in [-0.1, -0.05) is 48.5 Å². The van der Waals surface area contributed by atoms with E-state index in [1.807, 2.05) is 48.5 Å². The molecule has 0 N–H and O–H groups in total. The van der Waals surface area contributed by atoms with Crippen molar-refractivity contribution in [3.63, 3.8) is 0 Å². The zero-order valence-corrected chi connectivity index (χ0v) is 18.6. The summed E-state index contributed by atoms with van der Waals surface area (Å²) in [4.78, 5) is 53.9. The van der Waals surface area contributed by atoms with E-state index in [0.29, 0.717) is 11.4 Å².